The van der Waals surface area contributed by atoms with Crippen molar-refractivity contribution < 1.29 is 22.7 Å². The van der Waals surface area contributed by atoms with E-state index in [2.05, 4.69) is 15.9 Å². The summed E-state index contributed by atoms with van der Waals surface area (Å²) in [6.07, 6.45) is -2.96. The van der Waals surface area contributed by atoms with E-state index in [9.17, 15) is 18.0 Å². The summed E-state index contributed by atoms with van der Waals surface area (Å²) in [4.78, 5) is 12.8. The van der Waals surface area contributed by atoms with Crippen molar-refractivity contribution in [2.75, 3.05) is 11.5 Å². The fraction of sp³-hybridized carbons (Fsp3) is 0.250. The molecule has 0 spiro atoms. The fourth-order valence-corrected chi connectivity index (χ4v) is 1.91. The summed E-state index contributed by atoms with van der Waals surface area (Å²) in [6, 6.07) is 6.64. The molecule has 2 rings (SSSR count). The minimum Gasteiger partial charge on any atom is -0.345 e. The van der Waals surface area contributed by atoms with E-state index < -0.39 is 24.9 Å². The zero-order valence-electron chi connectivity index (χ0n) is 9.52. The number of benzene rings is 1. The predicted molar refractivity (Wildman–Crippen MR) is 66.6 cm³/mol. The average Bonchev–Trinajstić information content (AvgIpc) is 2.68. The Morgan fingerprint density at radius 3 is 2.47 bits per heavy atom. The molecule has 1 aliphatic rings. The highest BCUT2D eigenvalue weighted by Crippen LogP contribution is 2.26. The first kappa shape index (κ1) is 14.1. The van der Waals surface area contributed by atoms with Gasteiger partial charge in [0.2, 0.25) is 0 Å². The molecule has 1 aromatic rings. The molecule has 1 aliphatic heterocycles. The highest BCUT2D eigenvalue weighted by atomic mass is 79.9. The van der Waals surface area contributed by atoms with Crippen LogP contribution in [0, 0.1) is 0 Å². The lowest BCUT2D eigenvalue weighted by molar-refractivity contribution is -0.180. The molecule has 0 N–H and O–H groups in total. The van der Waals surface area contributed by atoms with Crippen LogP contribution in [0.5, 0.6) is 0 Å². The maximum Gasteiger partial charge on any atom is 0.411 e. The number of rotatable bonds is 3. The van der Waals surface area contributed by atoms with Gasteiger partial charge in [-0.3, -0.25) is 9.69 Å². The van der Waals surface area contributed by atoms with E-state index in [0.717, 1.165) is 9.37 Å². The third kappa shape index (κ3) is 3.57. The Labute approximate surface area is 115 Å². The average molecular weight is 336 g/mol. The molecule has 1 atom stereocenters. The first-order valence-electron chi connectivity index (χ1n) is 5.32. The Kier molecular flexibility index (Phi) is 3.96. The maximum atomic E-state index is 12.1. The maximum absolute atomic E-state index is 12.1. The second-order valence-electron chi connectivity index (χ2n) is 3.86. The van der Waals surface area contributed by atoms with E-state index >= 15 is 0 Å². The van der Waals surface area contributed by atoms with Gasteiger partial charge in [-0.15, -0.1) is 0 Å². The standard InChI is InChI=1S/C12H9BrF3NO2/c13-8-1-3-9(4-2-8)17-10(18)5-6-11(17)19-7-12(14,15)16/h1-6,11H,7H2. The molecule has 0 fully saturated rings. The second-order valence-corrected chi connectivity index (χ2v) is 4.78. The van der Waals surface area contributed by atoms with Crippen LogP contribution in [0.3, 0.4) is 0 Å². The molecule has 7 heteroatoms. The fourth-order valence-electron chi connectivity index (χ4n) is 1.64. The molecule has 0 aromatic heterocycles. The van der Waals surface area contributed by atoms with Crippen molar-refractivity contribution in [2.45, 2.75) is 12.4 Å². The van der Waals surface area contributed by atoms with Crippen LogP contribution >= 0.6 is 15.9 Å². The van der Waals surface area contributed by atoms with Gasteiger partial charge >= 0.3 is 6.18 Å². The van der Waals surface area contributed by atoms with Gasteiger partial charge in [-0.05, 0) is 30.3 Å². The Balaban J connectivity index is 2.13. The molecule has 0 radical (unpaired) electrons. The van der Waals surface area contributed by atoms with Crippen LogP contribution < -0.4 is 4.90 Å². The van der Waals surface area contributed by atoms with Crippen LogP contribution in [-0.4, -0.2) is 24.9 Å². The zero-order valence-corrected chi connectivity index (χ0v) is 11.1. The molecule has 102 valence electrons. The second kappa shape index (κ2) is 5.34. The Hall–Kier alpha value is -1.34. The Morgan fingerprint density at radius 2 is 1.89 bits per heavy atom. The van der Waals surface area contributed by atoms with Gasteiger partial charge < -0.3 is 4.74 Å². The van der Waals surface area contributed by atoms with Crippen LogP contribution in [0.4, 0.5) is 18.9 Å². The van der Waals surface area contributed by atoms with Crippen molar-refractivity contribution in [2.24, 2.45) is 0 Å². The molecule has 0 bridgehead atoms. The number of hydrogen-bond donors (Lipinski definition) is 0. The van der Waals surface area contributed by atoms with Gasteiger partial charge in [0.25, 0.3) is 5.91 Å². The van der Waals surface area contributed by atoms with Crippen LogP contribution in [0.1, 0.15) is 0 Å². The first-order valence-corrected chi connectivity index (χ1v) is 6.11. The number of anilines is 1. The summed E-state index contributed by atoms with van der Waals surface area (Å²) in [5, 5.41) is 0. The lowest BCUT2D eigenvalue weighted by Gasteiger charge is -2.25. The van der Waals surface area contributed by atoms with Crippen LogP contribution in [0.25, 0.3) is 0 Å². The van der Waals surface area contributed by atoms with Crippen molar-refractivity contribution in [1.29, 1.82) is 0 Å². The minimum atomic E-state index is -4.43. The van der Waals surface area contributed by atoms with E-state index in [4.69, 9.17) is 4.74 Å². The number of amides is 1. The number of carbonyl (C=O) groups is 1. The summed E-state index contributed by atoms with van der Waals surface area (Å²) in [5.74, 6) is -0.408. The van der Waals surface area contributed by atoms with Gasteiger partial charge in [-0.2, -0.15) is 13.2 Å². The van der Waals surface area contributed by atoms with Gasteiger partial charge in [-0.25, -0.2) is 0 Å². The lowest BCUT2D eigenvalue weighted by Crippen LogP contribution is -2.37. The molecule has 3 nitrogen and oxygen atoms in total. The van der Waals surface area contributed by atoms with E-state index in [1.807, 2.05) is 0 Å². The largest absolute Gasteiger partial charge is 0.411 e. The van der Waals surface area contributed by atoms with Crippen LogP contribution in [0.15, 0.2) is 40.9 Å². The van der Waals surface area contributed by atoms with Crippen LogP contribution in [-0.2, 0) is 9.53 Å². The van der Waals surface area contributed by atoms with Gasteiger partial charge in [0.1, 0.15) is 6.61 Å². The number of halogens is 4. The molecule has 1 aromatic carbocycles. The van der Waals surface area contributed by atoms with E-state index in [-0.39, 0.29) is 0 Å². The predicted octanol–water partition coefficient (Wildman–Crippen LogP) is 3.26. The molecular formula is C12H9BrF3NO2. The summed E-state index contributed by atoms with van der Waals surface area (Å²) < 4.78 is 41.9. The van der Waals surface area contributed by atoms with Gasteiger partial charge in [0, 0.05) is 16.2 Å². The zero-order chi connectivity index (χ0) is 14.0. The number of nitrogens with zero attached hydrogens (tertiary/aromatic N) is 1. The smallest absolute Gasteiger partial charge is 0.345 e. The molecule has 19 heavy (non-hydrogen) atoms. The van der Waals surface area contributed by atoms with Crippen molar-refractivity contribution >= 4 is 27.5 Å². The first-order chi connectivity index (χ1) is 8.87. The summed E-state index contributed by atoms with van der Waals surface area (Å²) in [5.41, 5.74) is 0.477. The lowest BCUT2D eigenvalue weighted by atomic mass is 10.3. The summed E-state index contributed by atoms with van der Waals surface area (Å²) in [7, 11) is 0. The highest BCUT2D eigenvalue weighted by Gasteiger charge is 2.33. The Bertz CT molecular complexity index is 499. The SMILES string of the molecule is O=C1C=CC(OCC(F)(F)F)N1c1ccc(Br)cc1. The molecule has 0 aliphatic carbocycles. The highest BCUT2D eigenvalue weighted by molar-refractivity contribution is 9.10. The number of alkyl halides is 3. The molecule has 1 amide bonds. The van der Waals surface area contributed by atoms with E-state index in [0.29, 0.717) is 5.69 Å². The van der Waals surface area contributed by atoms with Crippen molar-refractivity contribution in [3.8, 4) is 0 Å². The van der Waals surface area contributed by atoms with E-state index in [1.165, 1.54) is 12.2 Å². The molecular weight excluding hydrogens is 327 g/mol. The van der Waals surface area contributed by atoms with Crippen molar-refractivity contribution in [1.82, 2.24) is 0 Å². The molecule has 0 saturated carbocycles. The molecule has 0 saturated heterocycles. The topological polar surface area (TPSA) is 29.5 Å². The minimum absolute atomic E-state index is 0.408. The number of ether oxygens (including phenoxy) is 1. The van der Waals surface area contributed by atoms with Crippen molar-refractivity contribution in [3.05, 3.63) is 40.9 Å². The van der Waals surface area contributed by atoms with E-state index in [1.54, 1.807) is 24.3 Å². The number of hydrogen-bond acceptors (Lipinski definition) is 2. The van der Waals surface area contributed by atoms with Gasteiger partial charge in [0.05, 0.1) is 0 Å². The van der Waals surface area contributed by atoms with Gasteiger partial charge in [-0.1, -0.05) is 15.9 Å². The normalized spacial score (nSPS) is 19.3. The quantitative estimate of drug-likeness (QED) is 0.848. The molecule has 1 unspecified atom stereocenters. The molecule has 1 heterocycles. The third-order valence-corrected chi connectivity index (χ3v) is 2.95. The third-order valence-electron chi connectivity index (χ3n) is 2.42. The van der Waals surface area contributed by atoms with Crippen molar-refractivity contribution in [3.63, 3.8) is 0 Å². The monoisotopic (exact) mass is 335 g/mol. The summed E-state index contributed by atoms with van der Waals surface area (Å²) >= 11 is 3.24. The summed E-state index contributed by atoms with van der Waals surface area (Å²) in [6.45, 7) is -1.40. The Morgan fingerprint density at radius 1 is 1.26 bits per heavy atom. The number of carbonyl (C=O) groups excluding carboxylic acids is 1. The van der Waals surface area contributed by atoms with Crippen LogP contribution in [0.2, 0.25) is 0 Å². The van der Waals surface area contributed by atoms with Gasteiger partial charge in [0.15, 0.2) is 6.23 Å².